The molecule has 8 nitrogen and oxygen atoms in total. The zero-order valence-corrected chi connectivity index (χ0v) is 19.9. The number of aliphatic hydroxyl groups excluding tert-OH is 2. The van der Waals surface area contributed by atoms with Crippen LogP contribution < -0.4 is 16.1 Å². The zero-order chi connectivity index (χ0) is 24.9. The van der Waals surface area contributed by atoms with E-state index in [0.29, 0.717) is 5.56 Å². The molecule has 3 aromatic rings. The van der Waals surface area contributed by atoms with Gasteiger partial charge in [-0.1, -0.05) is 0 Å². The highest BCUT2D eigenvalue weighted by Gasteiger charge is 2.32. The van der Waals surface area contributed by atoms with Crippen molar-refractivity contribution in [3.63, 3.8) is 0 Å². The van der Waals surface area contributed by atoms with E-state index in [4.69, 9.17) is 10.5 Å². The van der Waals surface area contributed by atoms with Gasteiger partial charge < -0.3 is 30.2 Å². The predicted molar refractivity (Wildman–Crippen MR) is 126 cm³/mol. The minimum absolute atomic E-state index is 0.00643. The summed E-state index contributed by atoms with van der Waals surface area (Å²) in [6.07, 6.45) is 0.611. The number of rotatable bonds is 5. The fourth-order valence-electron chi connectivity index (χ4n) is 4.21. The Balaban J connectivity index is 2.18. The highest BCUT2D eigenvalue weighted by molar-refractivity contribution is 9.10. The molecule has 0 unspecified atom stereocenters. The van der Waals surface area contributed by atoms with Crippen molar-refractivity contribution in [1.29, 1.82) is 0 Å². The molecule has 0 aliphatic carbocycles. The summed E-state index contributed by atoms with van der Waals surface area (Å²) in [4.78, 5) is 27.6. The standard InChI is InChI=1S/C23H22BrF2N3O5/c1-3-34-23(33)13-8-29(16-5-15(27)14(25)4-11(16)9-30)20-10(2)21(28-6-12(31)7-28)19(26)18(24)17(20)22(13)32/h4-5,8,12,30-31H,3,6-7,9,27H2,1-2H3. The Bertz CT molecular complexity index is 1390. The largest absolute Gasteiger partial charge is 0.462 e. The Morgan fingerprint density at radius 3 is 2.59 bits per heavy atom. The zero-order valence-electron chi connectivity index (χ0n) is 18.4. The number of nitrogens with two attached hydrogens (primary N) is 1. The van der Waals surface area contributed by atoms with Gasteiger partial charge in [0.05, 0.1) is 51.8 Å². The van der Waals surface area contributed by atoms with Gasteiger partial charge in [0.1, 0.15) is 11.4 Å². The van der Waals surface area contributed by atoms with Gasteiger partial charge in [-0.2, -0.15) is 0 Å². The van der Waals surface area contributed by atoms with Gasteiger partial charge in [-0.25, -0.2) is 13.6 Å². The molecule has 2 heterocycles. The van der Waals surface area contributed by atoms with Gasteiger partial charge >= 0.3 is 5.97 Å². The molecule has 1 aromatic heterocycles. The van der Waals surface area contributed by atoms with E-state index in [1.165, 1.54) is 16.8 Å². The van der Waals surface area contributed by atoms with Crippen LogP contribution in [0, 0.1) is 18.6 Å². The van der Waals surface area contributed by atoms with E-state index >= 15 is 4.39 Å². The van der Waals surface area contributed by atoms with E-state index in [9.17, 15) is 24.2 Å². The monoisotopic (exact) mass is 537 g/mol. The molecule has 1 aliphatic heterocycles. The number of nitrogen functional groups attached to an aromatic ring is 1. The topological polar surface area (TPSA) is 118 Å². The van der Waals surface area contributed by atoms with Crippen molar-refractivity contribution in [3.05, 3.63) is 61.4 Å². The van der Waals surface area contributed by atoms with E-state index < -0.39 is 35.7 Å². The number of benzene rings is 2. The van der Waals surface area contributed by atoms with Gasteiger partial charge in [0.2, 0.25) is 5.43 Å². The van der Waals surface area contributed by atoms with Crippen LogP contribution in [-0.4, -0.2) is 46.5 Å². The van der Waals surface area contributed by atoms with Crippen molar-refractivity contribution in [2.75, 3.05) is 30.3 Å². The van der Waals surface area contributed by atoms with E-state index in [-0.39, 0.29) is 63.3 Å². The van der Waals surface area contributed by atoms with Crippen LogP contribution in [0.3, 0.4) is 0 Å². The first-order valence-corrected chi connectivity index (χ1v) is 11.3. The molecule has 180 valence electrons. The minimum Gasteiger partial charge on any atom is -0.462 e. The summed E-state index contributed by atoms with van der Waals surface area (Å²) >= 11 is 3.18. The maximum absolute atomic E-state index is 15.5. The molecule has 0 bridgehead atoms. The molecule has 0 atom stereocenters. The summed E-state index contributed by atoms with van der Waals surface area (Å²) in [5.74, 6) is -2.38. The first-order chi connectivity index (χ1) is 16.1. The van der Waals surface area contributed by atoms with Crippen LogP contribution >= 0.6 is 15.9 Å². The second kappa shape index (κ2) is 8.97. The number of anilines is 2. The predicted octanol–water partition coefficient (Wildman–Crippen LogP) is 2.77. The maximum Gasteiger partial charge on any atom is 0.343 e. The summed E-state index contributed by atoms with van der Waals surface area (Å²) in [6.45, 7) is 3.02. The van der Waals surface area contributed by atoms with Crippen LogP contribution in [0.1, 0.15) is 28.4 Å². The van der Waals surface area contributed by atoms with Crippen LogP contribution in [0.25, 0.3) is 16.6 Å². The third kappa shape index (κ3) is 3.73. The number of aliphatic hydroxyl groups is 2. The number of pyridine rings is 1. The fourth-order valence-corrected chi connectivity index (χ4v) is 4.76. The van der Waals surface area contributed by atoms with Crippen molar-refractivity contribution >= 4 is 44.2 Å². The third-order valence-electron chi connectivity index (χ3n) is 5.84. The molecule has 11 heteroatoms. The molecule has 0 amide bonds. The molecule has 2 aromatic carbocycles. The molecule has 0 saturated carbocycles. The molecule has 4 N–H and O–H groups in total. The number of carbonyl (C=O) groups is 1. The van der Waals surface area contributed by atoms with E-state index in [0.717, 1.165) is 6.07 Å². The number of aryl methyl sites for hydroxylation is 1. The molecule has 0 spiro atoms. The van der Waals surface area contributed by atoms with E-state index in [1.54, 1.807) is 18.7 Å². The molecule has 4 rings (SSSR count). The van der Waals surface area contributed by atoms with Gasteiger partial charge in [0.15, 0.2) is 5.82 Å². The molecular weight excluding hydrogens is 516 g/mol. The number of fused-ring (bicyclic) bond motifs is 1. The fraction of sp³-hybridized carbons (Fsp3) is 0.304. The minimum atomic E-state index is -0.913. The van der Waals surface area contributed by atoms with Crippen molar-refractivity contribution in [3.8, 4) is 5.69 Å². The first kappa shape index (κ1) is 24.1. The van der Waals surface area contributed by atoms with Crippen LogP contribution in [0.15, 0.2) is 27.6 Å². The Morgan fingerprint density at radius 2 is 2.00 bits per heavy atom. The van der Waals surface area contributed by atoms with Gasteiger partial charge in [-0.15, -0.1) is 0 Å². The summed E-state index contributed by atoms with van der Waals surface area (Å²) in [7, 11) is 0. The highest BCUT2D eigenvalue weighted by atomic mass is 79.9. The normalized spacial score (nSPS) is 13.9. The molecular formula is C23H22BrF2N3O5. The lowest BCUT2D eigenvalue weighted by Crippen LogP contribution is -2.51. The smallest absolute Gasteiger partial charge is 0.343 e. The number of carbonyl (C=O) groups excluding carboxylic acids is 1. The first-order valence-electron chi connectivity index (χ1n) is 10.5. The SMILES string of the molecule is CCOC(=O)c1cn(-c2cc(N)c(F)cc2CO)c2c(C)c(N3CC(O)C3)c(F)c(Br)c2c1=O. The third-order valence-corrected chi connectivity index (χ3v) is 6.58. The number of hydrogen-bond acceptors (Lipinski definition) is 7. The maximum atomic E-state index is 15.5. The molecule has 0 radical (unpaired) electrons. The van der Waals surface area contributed by atoms with Crippen LogP contribution in [0.5, 0.6) is 0 Å². The lowest BCUT2D eigenvalue weighted by Gasteiger charge is -2.39. The number of ether oxygens (including phenoxy) is 1. The van der Waals surface area contributed by atoms with E-state index in [1.807, 2.05) is 0 Å². The Kier molecular flexibility index (Phi) is 6.36. The molecule has 1 saturated heterocycles. The quantitative estimate of drug-likeness (QED) is 0.338. The number of halogens is 3. The second-order valence-corrected chi connectivity index (χ2v) is 8.80. The number of esters is 1. The van der Waals surface area contributed by atoms with Crippen LogP contribution in [-0.2, 0) is 11.3 Å². The second-order valence-electron chi connectivity index (χ2n) is 8.01. The van der Waals surface area contributed by atoms with Gasteiger partial charge in [0, 0.05) is 30.4 Å². The Morgan fingerprint density at radius 1 is 1.32 bits per heavy atom. The Hall–Kier alpha value is -3.02. The highest BCUT2D eigenvalue weighted by Crippen LogP contribution is 2.40. The summed E-state index contributed by atoms with van der Waals surface area (Å²) in [5.41, 5.74) is 5.52. The van der Waals surface area contributed by atoms with Crippen molar-refractivity contribution < 1.29 is 28.5 Å². The Labute approximate surface area is 201 Å². The number of aromatic nitrogens is 1. The average molecular weight is 538 g/mol. The summed E-state index contributed by atoms with van der Waals surface area (Å²) < 4.78 is 35.9. The molecule has 1 fully saturated rings. The molecule has 34 heavy (non-hydrogen) atoms. The lowest BCUT2D eigenvalue weighted by molar-refractivity contribution is 0.0524. The summed E-state index contributed by atoms with van der Waals surface area (Å²) in [5, 5.41) is 19.5. The van der Waals surface area contributed by atoms with Gasteiger partial charge in [-0.3, -0.25) is 4.79 Å². The number of hydrogen-bond donors (Lipinski definition) is 3. The van der Waals surface area contributed by atoms with Crippen LogP contribution in [0.2, 0.25) is 0 Å². The van der Waals surface area contributed by atoms with E-state index in [2.05, 4.69) is 15.9 Å². The van der Waals surface area contributed by atoms with Crippen LogP contribution in [0.4, 0.5) is 20.2 Å². The number of nitrogens with zero attached hydrogens (tertiary/aromatic N) is 2. The number of β-amino-alcohol motifs (C(OH)–C–C–N with tert-alkyl or cyclic N) is 1. The summed E-state index contributed by atoms with van der Waals surface area (Å²) in [6, 6.07) is 2.32. The van der Waals surface area contributed by atoms with Crippen molar-refractivity contribution in [2.24, 2.45) is 0 Å². The van der Waals surface area contributed by atoms with Crippen molar-refractivity contribution in [2.45, 2.75) is 26.6 Å². The van der Waals surface area contributed by atoms with Gasteiger partial charge in [0.25, 0.3) is 0 Å². The average Bonchev–Trinajstić information content (AvgIpc) is 2.77. The van der Waals surface area contributed by atoms with Gasteiger partial charge in [-0.05, 0) is 41.9 Å². The molecule has 1 aliphatic rings. The lowest BCUT2D eigenvalue weighted by atomic mass is 10.0. The van der Waals surface area contributed by atoms with Crippen molar-refractivity contribution in [1.82, 2.24) is 4.57 Å².